The lowest BCUT2D eigenvalue weighted by Gasteiger charge is -2.19. The average molecular weight is 655 g/mol. The Hall–Kier alpha value is -1.67. The van der Waals surface area contributed by atoms with Crippen LogP contribution < -0.4 is 22.3 Å². The van der Waals surface area contributed by atoms with E-state index >= 15 is 0 Å². The lowest BCUT2D eigenvalue weighted by Crippen LogP contribution is -3.00. The van der Waals surface area contributed by atoms with Crippen molar-refractivity contribution in [1.82, 2.24) is 4.57 Å². The fourth-order valence-electron chi connectivity index (χ4n) is 3.61. The number of hydrogen-bond donors (Lipinski definition) is 1. The molecule has 5 nitrogen and oxygen atoms in total. The van der Waals surface area contributed by atoms with E-state index in [2.05, 4.69) is 5.32 Å². The van der Waals surface area contributed by atoms with Crippen LogP contribution in [0.25, 0.3) is 0 Å². The molecule has 200 valence electrons. The second kappa shape index (κ2) is 14.1. The first-order chi connectivity index (χ1) is 17.7. The fraction of sp³-hybridized carbons (Fsp3) is 0.154. The number of ether oxygens (including phenoxy) is 1. The molecule has 0 saturated heterocycles. The number of imidazole rings is 1. The summed E-state index contributed by atoms with van der Waals surface area (Å²) in [6, 6.07) is 15.4. The zero-order chi connectivity index (χ0) is 26.5. The highest BCUT2D eigenvalue weighted by atomic mass is 35.5. The summed E-state index contributed by atoms with van der Waals surface area (Å²) in [6.07, 6.45) is 5.00. The summed E-state index contributed by atoms with van der Waals surface area (Å²) in [4.78, 5) is 12.6. The normalized spacial score (nSPS) is 11.6. The van der Waals surface area contributed by atoms with Crippen molar-refractivity contribution in [3.63, 3.8) is 0 Å². The van der Waals surface area contributed by atoms with Gasteiger partial charge in [0.15, 0.2) is 6.54 Å². The summed E-state index contributed by atoms with van der Waals surface area (Å²) in [5.74, 6) is -0.252. The van der Waals surface area contributed by atoms with E-state index in [0.717, 1.165) is 11.1 Å². The van der Waals surface area contributed by atoms with Crippen molar-refractivity contribution in [2.24, 2.45) is 0 Å². The monoisotopic (exact) mass is 651 g/mol. The standard InChI is InChI=1S/C26H19Cl6N3O2.ClH/c27-17-2-1-16(22(31)9-17)14-37-25(20-5-3-18(28)10-23(20)32)12-34-7-8-35(15-34)13-26(36)33-24-11-19(29)4-6-21(24)30;/h1-11,15,25H,12-14H2;1H. The summed E-state index contributed by atoms with van der Waals surface area (Å²) in [7, 11) is 0. The molecule has 4 aromatic rings. The molecule has 1 atom stereocenters. The zero-order valence-electron chi connectivity index (χ0n) is 19.5. The number of benzene rings is 3. The Morgan fingerprint density at radius 2 is 1.53 bits per heavy atom. The van der Waals surface area contributed by atoms with Gasteiger partial charge in [0.25, 0.3) is 5.91 Å². The lowest BCUT2D eigenvalue weighted by atomic mass is 10.1. The molecule has 1 N–H and O–H groups in total. The van der Waals surface area contributed by atoms with Crippen LogP contribution in [-0.4, -0.2) is 10.5 Å². The molecule has 0 fully saturated rings. The molecule has 0 spiro atoms. The number of anilines is 1. The molecule has 1 amide bonds. The van der Waals surface area contributed by atoms with Gasteiger partial charge in [0.2, 0.25) is 6.33 Å². The molecule has 3 aromatic carbocycles. The molecule has 0 radical (unpaired) electrons. The van der Waals surface area contributed by atoms with Crippen LogP contribution in [0.1, 0.15) is 17.2 Å². The van der Waals surface area contributed by atoms with E-state index in [1.54, 1.807) is 59.6 Å². The van der Waals surface area contributed by atoms with Gasteiger partial charge in [-0.25, -0.2) is 9.13 Å². The Morgan fingerprint density at radius 1 is 0.868 bits per heavy atom. The first kappa shape index (κ1) is 30.9. The van der Waals surface area contributed by atoms with Crippen LogP contribution in [0.2, 0.25) is 30.1 Å². The minimum absolute atomic E-state index is 0. The van der Waals surface area contributed by atoms with Gasteiger partial charge in [-0.2, -0.15) is 0 Å². The minimum Gasteiger partial charge on any atom is -1.00 e. The predicted octanol–water partition coefficient (Wildman–Crippen LogP) is 5.30. The van der Waals surface area contributed by atoms with Gasteiger partial charge in [-0.3, -0.25) is 4.79 Å². The van der Waals surface area contributed by atoms with Crippen LogP contribution in [0.3, 0.4) is 0 Å². The van der Waals surface area contributed by atoms with E-state index < -0.39 is 6.10 Å². The maximum Gasteiger partial charge on any atom is 0.266 e. The molecule has 0 aliphatic rings. The number of aromatic nitrogens is 2. The second-order valence-corrected chi connectivity index (χ2v) is 10.7. The summed E-state index contributed by atoms with van der Waals surface area (Å²) < 4.78 is 9.90. The third-order valence-corrected chi connectivity index (χ3v) is 7.13. The largest absolute Gasteiger partial charge is 1.00 e. The van der Waals surface area contributed by atoms with Crippen molar-refractivity contribution in [1.29, 1.82) is 0 Å². The number of halogens is 7. The molecule has 0 aliphatic heterocycles. The third-order valence-electron chi connectivity index (χ3n) is 5.42. The number of carbonyl (C=O) groups is 1. The predicted molar refractivity (Wildman–Crippen MR) is 150 cm³/mol. The molecule has 4 rings (SSSR count). The maximum atomic E-state index is 12.6. The van der Waals surface area contributed by atoms with Crippen molar-refractivity contribution in [3.8, 4) is 0 Å². The molecule has 0 aliphatic carbocycles. The van der Waals surface area contributed by atoms with E-state index in [1.807, 2.05) is 22.9 Å². The van der Waals surface area contributed by atoms with E-state index in [-0.39, 0.29) is 31.5 Å². The average Bonchev–Trinajstić information content (AvgIpc) is 3.26. The van der Waals surface area contributed by atoms with E-state index in [4.69, 9.17) is 74.3 Å². The SMILES string of the molecule is O=C(C[n+]1ccn(CC(OCc2ccc(Cl)cc2Cl)c2ccc(Cl)cc2Cl)c1)Nc1cc(Cl)ccc1Cl.[Cl-]. The van der Waals surface area contributed by atoms with Gasteiger partial charge in [0, 0.05) is 30.7 Å². The van der Waals surface area contributed by atoms with Gasteiger partial charge >= 0.3 is 0 Å². The van der Waals surface area contributed by atoms with Gasteiger partial charge in [-0.1, -0.05) is 81.7 Å². The zero-order valence-corrected chi connectivity index (χ0v) is 24.8. The molecule has 38 heavy (non-hydrogen) atoms. The Labute approximate surface area is 256 Å². The molecule has 1 aromatic heterocycles. The summed E-state index contributed by atoms with van der Waals surface area (Å²) in [6.45, 7) is 0.731. The molecule has 0 saturated carbocycles. The van der Waals surface area contributed by atoms with E-state index in [9.17, 15) is 4.79 Å². The molecule has 1 heterocycles. The Morgan fingerprint density at radius 3 is 2.24 bits per heavy atom. The number of carbonyl (C=O) groups excluding carboxylic acids is 1. The number of rotatable bonds is 9. The smallest absolute Gasteiger partial charge is 0.266 e. The fourth-order valence-corrected chi connectivity index (χ4v) is 4.94. The number of amides is 1. The third kappa shape index (κ3) is 8.41. The molecular formula is C26H20Cl7N3O2. The Balaban J connectivity index is 0.00000400. The van der Waals surface area contributed by atoms with Crippen molar-refractivity contribution in [3.05, 3.63) is 115 Å². The van der Waals surface area contributed by atoms with Crippen molar-refractivity contribution < 1.29 is 26.5 Å². The topological polar surface area (TPSA) is 47.1 Å². The Kier molecular flexibility index (Phi) is 11.5. The van der Waals surface area contributed by atoms with Crippen molar-refractivity contribution >= 4 is 81.2 Å². The first-order valence-corrected chi connectivity index (χ1v) is 13.2. The highest BCUT2D eigenvalue weighted by Gasteiger charge is 2.21. The van der Waals surface area contributed by atoms with Crippen LogP contribution >= 0.6 is 69.6 Å². The maximum absolute atomic E-state index is 12.6. The lowest BCUT2D eigenvalue weighted by molar-refractivity contribution is -0.683. The van der Waals surface area contributed by atoms with Gasteiger partial charge < -0.3 is 22.5 Å². The van der Waals surface area contributed by atoms with Crippen LogP contribution in [-0.2, 0) is 29.2 Å². The van der Waals surface area contributed by atoms with E-state index in [0.29, 0.717) is 42.4 Å². The molecule has 0 bridgehead atoms. The van der Waals surface area contributed by atoms with Gasteiger partial charge in [-0.05, 0) is 48.0 Å². The number of nitrogens with one attached hydrogen (secondary N) is 1. The number of nitrogens with zero attached hydrogens (tertiary/aromatic N) is 2. The summed E-state index contributed by atoms with van der Waals surface area (Å²) in [5, 5.41) is 5.72. The quantitative estimate of drug-likeness (QED) is 0.250. The highest BCUT2D eigenvalue weighted by Crippen LogP contribution is 2.31. The molecule has 12 heteroatoms. The number of hydrogen-bond acceptors (Lipinski definition) is 2. The van der Waals surface area contributed by atoms with Crippen molar-refractivity contribution in [2.75, 3.05) is 5.32 Å². The summed E-state index contributed by atoms with van der Waals surface area (Å²) >= 11 is 37.1. The second-order valence-electron chi connectivity index (χ2n) is 8.16. The van der Waals surface area contributed by atoms with Gasteiger partial charge in [-0.15, -0.1) is 0 Å². The van der Waals surface area contributed by atoms with Crippen LogP contribution in [0.15, 0.2) is 73.3 Å². The van der Waals surface area contributed by atoms with Gasteiger partial charge in [0.1, 0.15) is 25.0 Å². The highest BCUT2D eigenvalue weighted by molar-refractivity contribution is 6.36. The first-order valence-electron chi connectivity index (χ1n) is 11.0. The van der Waals surface area contributed by atoms with Crippen LogP contribution in [0, 0.1) is 0 Å². The van der Waals surface area contributed by atoms with Crippen LogP contribution in [0.5, 0.6) is 0 Å². The Bertz CT molecular complexity index is 1430. The molecule has 1 unspecified atom stereocenters. The van der Waals surface area contributed by atoms with Crippen molar-refractivity contribution in [2.45, 2.75) is 25.8 Å². The van der Waals surface area contributed by atoms with Crippen LogP contribution in [0.4, 0.5) is 5.69 Å². The minimum atomic E-state index is -0.434. The van der Waals surface area contributed by atoms with Gasteiger partial charge in [0.05, 0.1) is 17.3 Å². The van der Waals surface area contributed by atoms with E-state index in [1.165, 1.54) is 0 Å². The molecular weight excluding hydrogens is 634 g/mol. The summed E-state index contributed by atoms with van der Waals surface area (Å²) in [5.41, 5.74) is 2.01.